The highest BCUT2D eigenvalue weighted by atomic mass is 32.1. The van der Waals surface area contributed by atoms with E-state index >= 15 is 0 Å². The molecule has 0 bridgehead atoms. The van der Waals surface area contributed by atoms with Crippen LogP contribution in [0.2, 0.25) is 0 Å². The van der Waals surface area contributed by atoms with E-state index in [0.717, 1.165) is 13.0 Å². The molecule has 3 nitrogen and oxygen atoms in total. The molecule has 1 heterocycles. The van der Waals surface area contributed by atoms with E-state index in [4.69, 9.17) is 0 Å². The number of amides is 1. The van der Waals surface area contributed by atoms with E-state index in [1.54, 1.807) is 18.4 Å². The number of nitrogens with one attached hydrogen (secondary N) is 2. The normalized spacial score (nSPS) is 12.4. The second kappa shape index (κ2) is 5.78. The van der Waals surface area contributed by atoms with Gasteiger partial charge >= 0.3 is 0 Å². The Morgan fingerprint density at radius 1 is 1.64 bits per heavy atom. The highest BCUT2D eigenvalue weighted by Crippen LogP contribution is 2.11. The van der Waals surface area contributed by atoms with Gasteiger partial charge in [0, 0.05) is 18.3 Å². The van der Waals surface area contributed by atoms with E-state index in [1.807, 2.05) is 18.4 Å². The van der Waals surface area contributed by atoms with Crippen LogP contribution >= 0.6 is 11.3 Å². The lowest BCUT2D eigenvalue weighted by Crippen LogP contribution is -2.44. The van der Waals surface area contributed by atoms with Crippen LogP contribution in [-0.2, 0) is 11.2 Å². The number of carbonyl (C=O) groups is 1. The summed E-state index contributed by atoms with van der Waals surface area (Å²) >= 11 is 1.69. The molecule has 0 spiro atoms. The number of likely N-dealkylation sites (N-methyl/N-ethyl adjacent to an activating group) is 2. The maximum absolute atomic E-state index is 11.5. The van der Waals surface area contributed by atoms with Crippen molar-refractivity contribution in [3.8, 4) is 0 Å². The van der Waals surface area contributed by atoms with Crippen molar-refractivity contribution in [3.05, 3.63) is 22.4 Å². The van der Waals surface area contributed by atoms with Crippen LogP contribution in [0.15, 0.2) is 17.5 Å². The van der Waals surface area contributed by atoms with Crippen molar-refractivity contribution >= 4 is 17.2 Å². The van der Waals surface area contributed by atoms with Gasteiger partial charge in [-0.3, -0.25) is 4.79 Å². The summed E-state index contributed by atoms with van der Waals surface area (Å²) in [6.07, 6.45) is 0.769. The minimum absolute atomic E-state index is 0.0558. The zero-order valence-corrected chi connectivity index (χ0v) is 9.36. The summed E-state index contributed by atoms with van der Waals surface area (Å²) in [4.78, 5) is 12.7. The maximum Gasteiger partial charge on any atom is 0.237 e. The number of thiophene rings is 1. The Labute approximate surface area is 88.5 Å². The molecule has 1 unspecified atom stereocenters. The third kappa shape index (κ3) is 3.12. The lowest BCUT2D eigenvalue weighted by atomic mass is 10.1. The van der Waals surface area contributed by atoms with E-state index < -0.39 is 0 Å². The van der Waals surface area contributed by atoms with Gasteiger partial charge in [0.25, 0.3) is 0 Å². The van der Waals surface area contributed by atoms with Gasteiger partial charge < -0.3 is 10.6 Å². The molecule has 0 aliphatic heterocycles. The van der Waals surface area contributed by atoms with Crippen molar-refractivity contribution in [2.24, 2.45) is 0 Å². The summed E-state index contributed by atoms with van der Waals surface area (Å²) in [7, 11) is 1.67. The second-order valence-corrected chi connectivity index (χ2v) is 4.04. The molecule has 1 atom stereocenters. The fraction of sp³-hybridized carbons (Fsp3) is 0.500. The smallest absolute Gasteiger partial charge is 0.237 e. The first-order chi connectivity index (χ1) is 6.77. The van der Waals surface area contributed by atoms with E-state index in [-0.39, 0.29) is 11.9 Å². The van der Waals surface area contributed by atoms with Crippen LogP contribution in [0.1, 0.15) is 11.8 Å². The van der Waals surface area contributed by atoms with Crippen molar-refractivity contribution in [2.75, 3.05) is 13.6 Å². The Bertz CT molecular complexity index is 272. The van der Waals surface area contributed by atoms with Gasteiger partial charge in [0.2, 0.25) is 5.91 Å². The number of rotatable bonds is 5. The minimum Gasteiger partial charge on any atom is -0.358 e. The monoisotopic (exact) mass is 212 g/mol. The maximum atomic E-state index is 11.5. The molecule has 0 aliphatic rings. The van der Waals surface area contributed by atoms with E-state index in [2.05, 4.69) is 16.7 Å². The molecule has 1 rings (SSSR count). The van der Waals surface area contributed by atoms with Gasteiger partial charge in [0.1, 0.15) is 0 Å². The topological polar surface area (TPSA) is 41.1 Å². The zero-order valence-electron chi connectivity index (χ0n) is 8.54. The molecule has 0 saturated carbocycles. The Hall–Kier alpha value is -0.870. The van der Waals surface area contributed by atoms with Crippen LogP contribution in [0.5, 0.6) is 0 Å². The summed E-state index contributed by atoms with van der Waals surface area (Å²) < 4.78 is 0. The summed E-state index contributed by atoms with van der Waals surface area (Å²) in [6, 6.07) is 3.95. The average Bonchev–Trinajstić information content (AvgIpc) is 2.68. The third-order valence-electron chi connectivity index (χ3n) is 2.00. The Balaban J connectivity index is 2.55. The van der Waals surface area contributed by atoms with Crippen LogP contribution in [0, 0.1) is 0 Å². The quantitative estimate of drug-likeness (QED) is 0.765. The summed E-state index contributed by atoms with van der Waals surface area (Å²) in [5, 5.41) is 7.86. The number of hydrogen-bond acceptors (Lipinski definition) is 3. The molecule has 1 amide bonds. The summed E-state index contributed by atoms with van der Waals surface area (Å²) in [6.45, 7) is 2.81. The van der Waals surface area contributed by atoms with Crippen molar-refractivity contribution < 1.29 is 4.79 Å². The molecule has 0 aromatic carbocycles. The predicted octanol–water partition coefficient (Wildman–Crippen LogP) is 1.01. The minimum atomic E-state index is -0.108. The molecule has 2 N–H and O–H groups in total. The number of hydrogen-bond donors (Lipinski definition) is 2. The highest BCUT2D eigenvalue weighted by Gasteiger charge is 2.16. The van der Waals surface area contributed by atoms with Crippen molar-refractivity contribution in [2.45, 2.75) is 19.4 Å². The fourth-order valence-electron chi connectivity index (χ4n) is 1.31. The van der Waals surface area contributed by atoms with E-state index in [0.29, 0.717) is 0 Å². The van der Waals surface area contributed by atoms with Crippen LogP contribution in [-0.4, -0.2) is 25.5 Å². The number of carbonyl (C=O) groups excluding carboxylic acids is 1. The first-order valence-corrected chi connectivity index (χ1v) is 5.63. The lowest BCUT2D eigenvalue weighted by Gasteiger charge is -2.14. The standard InChI is InChI=1S/C10H16N2OS/c1-3-12-9(10(13)11-2)7-8-5-4-6-14-8/h4-6,9,12H,3,7H2,1-2H3,(H,11,13). The molecule has 78 valence electrons. The van der Waals surface area contributed by atoms with Crippen molar-refractivity contribution in [1.82, 2.24) is 10.6 Å². The molecule has 14 heavy (non-hydrogen) atoms. The fourth-order valence-corrected chi connectivity index (χ4v) is 2.06. The van der Waals surface area contributed by atoms with Crippen LogP contribution in [0.3, 0.4) is 0 Å². The van der Waals surface area contributed by atoms with Gasteiger partial charge in [-0.15, -0.1) is 11.3 Å². The molecule has 1 aromatic rings. The van der Waals surface area contributed by atoms with Crippen molar-refractivity contribution in [1.29, 1.82) is 0 Å². The van der Waals surface area contributed by atoms with Crippen molar-refractivity contribution in [3.63, 3.8) is 0 Å². The Morgan fingerprint density at radius 3 is 2.93 bits per heavy atom. The Morgan fingerprint density at radius 2 is 2.43 bits per heavy atom. The zero-order chi connectivity index (χ0) is 10.4. The molecule has 1 aromatic heterocycles. The largest absolute Gasteiger partial charge is 0.358 e. The predicted molar refractivity (Wildman–Crippen MR) is 59.6 cm³/mol. The molecule has 0 radical (unpaired) electrons. The highest BCUT2D eigenvalue weighted by molar-refractivity contribution is 7.09. The first kappa shape index (κ1) is 11.2. The second-order valence-electron chi connectivity index (χ2n) is 3.01. The molecule has 0 fully saturated rings. The van der Waals surface area contributed by atoms with E-state index in [9.17, 15) is 4.79 Å². The van der Waals surface area contributed by atoms with Gasteiger partial charge in [-0.05, 0) is 18.0 Å². The SMILES string of the molecule is CCNC(Cc1cccs1)C(=O)NC. The third-order valence-corrected chi connectivity index (χ3v) is 2.90. The first-order valence-electron chi connectivity index (χ1n) is 4.75. The van der Waals surface area contributed by atoms with Gasteiger partial charge in [0.05, 0.1) is 6.04 Å². The Kier molecular flexibility index (Phi) is 4.62. The van der Waals surface area contributed by atoms with E-state index in [1.165, 1.54) is 4.88 Å². The van der Waals surface area contributed by atoms with Crippen LogP contribution in [0.4, 0.5) is 0 Å². The van der Waals surface area contributed by atoms with Crippen LogP contribution < -0.4 is 10.6 Å². The molecule has 0 aliphatic carbocycles. The van der Waals surface area contributed by atoms with Gasteiger partial charge in [-0.1, -0.05) is 13.0 Å². The van der Waals surface area contributed by atoms with Gasteiger partial charge in [-0.25, -0.2) is 0 Å². The van der Waals surface area contributed by atoms with Gasteiger partial charge in [0.15, 0.2) is 0 Å². The lowest BCUT2D eigenvalue weighted by molar-refractivity contribution is -0.122. The van der Waals surface area contributed by atoms with Gasteiger partial charge in [-0.2, -0.15) is 0 Å². The molecular formula is C10H16N2OS. The molecule has 4 heteroatoms. The summed E-state index contributed by atoms with van der Waals surface area (Å²) in [5.41, 5.74) is 0. The average molecular weight is 212 g/mol. The van der Waals surface area contributed by atoms with Crippen LogP contribution in [0.25, 0.3) is 0 Å². The molecular weight excluding hydrogens is 196 g/mol. The molecule has 0 saturated heterocycles. The summed E-state index contributed by atoms with van der Waals surface area (Å²) in [5.74, 6) is 0.0558.